The van der Waals surface area contributed by atoms with Gasteiger partial charge < -0.3 is 9.84 Å². The lowest BCUT2D eigenvalue weighted by molar-refractivity contribution is 0.226. The third-order valence-electron chi connectivity index (χ3n) is 4.23. The second kappa shape index (κ2) is 6.04. The molecule has 1 aliphatic heterocycles. The number of aromatic hydroxyl groups is 1. The summed E-state index contributed by atoms with van der Waals surface area (Å²) in [6.07, 6.45) is 1.28. The van der Waals surface area contributed by atoms with E-state index >= 15 is 0 Å². The number of benzene rings is 1. The van der Waals surface area contributed by atoms with Crippen LogP contribution in [0.1, 0.15) is 39.7 Å². The molecule has 2 rings (SSSR count). The van der Waals surface area contributed by atoms with Crippen molar-refractivity contribution in [2.45, 2.75) is 40.7 Å². The van der Waals surface area contributed by atoms with Crippen LogP contribution >= 0.6 is 0 Å². The minimum absolute atomic E-state index is 0.226. The molecule has 1 heterocycles. The molecule has 1 atom stereocenters. The number of phenolic OH excluding ortho intramolecular Hbond substituents is 1. The molecule has 1 fully saturated rings. The molecule has 1 aromatic rings. The maximum Gasteiger partial charge on any atom is 0.161 e. The van der Waals surface area contributed by atoms with E-state index in [-0.39, 0.29) is 5.75 Å². The Kier molecular flexibility index (Phi) is 4.59. The number of nitrogens with zero attached hydrogens (tertiary/aromatic N) is 1. The average Bonchev–Trinajstić information content (AvgIpc) is 2.82. The fourth-order valence-corrected chi connectivity index (χ4v) is 2.87. The van der Waals surface area contributed by atoms with Crippen LogP contribution in [-0.4, -0.2) is 29.7 Å². The lowest BCUT2D eigenvalue weighted by atomic mass is 9.80. The van der Waals surface area contributed by atoms with Gasteiger partial charge in [0.2, 0.25) is 0 Å². The normalized spacial score (nSPS) is 20.3. The summed E-state index contributed by atoms with van der Waals surface area (Å²) in [5.41, 5.74) is 1.60. The van der Waals surface area contributed by atoms with E-state index in [1.165, 1.54) is 12.0 Å². The number of rotatable bonds is 4. The molecule has 1 N–H and O–H groups in total. The minimum Gasteiger partial charge on any atom is -0.504 e. The molecule has 3 heteroatoms. The lowest BCUT2D eigenvalue weighted by Crippen LogP contribution is -2.25. The van der Waals surface area contributed by atoms with E-state index in [0.29, 0.717) is 17.8 Å². The lowest BCUT2D eigenvalue weighted by Gasteiger charge is -2.27. The first-order chi connectivity index (χ1) is 9.40. The molecule has 0 amide bonds. The molecule has 3 nitrogen and oxygen atoms in total. The molecule has 0 aliphatic carbocycles. The molecule has 1 saturated heterocycles. The van der Waals surface area contributed by atoms with E-state index in [4.69, 9.17) is 4.74 Å². The van der Waals surface area contributed by atoms with Gasteiger partial charge in [0.1, 0.15) is 0 Å². The van der Waals surface area contributed by atoms with Crippen molar-refractivity contribution in [3.8, 4) is 11.5 Å². The van der Waals surface area contributed by atoms with Crippen molar-refractivity contribution in [2.24, 2.45) is 11.3 Å². The molecular weight excluding hydrogens is 250 g/mol. The maximum atomic E-state index is 9.74. The van der Waals surface area contributed by atoms with Gasteiger partial charge in [0.05, 0.1) is 6.61 Å². The van der Waals surface area contributed by atoms with Gasteiger partial charge in [0.15, 0.2) is 11.5 Å². The first-order valence-corrected chi connectivity index (χ1v) is 7.57. The van der Waals surface area contributed by atoms with Crippen molar-refractivity contribution >= 4 is 0 Å². The quantitative estimate of drug-likeness (QED) is 0.911. The smallest absolute Gasteiger partial charge is 0.161 e. The first-order valence-electron chi connectivity index (χ1n) is 7.57. The predicted molar refractivity (Wildman–Crippen MR) is 82.1 cm³/mol. The summed E-state index contributed by atoms with van der Waals surface area (Å²) in [6.45, 7) is 12.8. The molecule has 20 heavy (non-hydrogen) atoms. The number of hydrogen-bond acceptors (Lipinski definition) is 3. The van der Waals surface area contributed by atoms with Crippen LogP contribution in [0.25, 0.3) is 0 Å². The van der Waals surface area contributed by atoms with Gasteiger partial charge in [-0.05, 0) is 48.9 Å². The summed E-state index contributed by atoms with van der Waals surface area (Å²) < 4.78 is 5.45. The Morgan fingerprint density at radius 1 is 1.35 bits per heavy atom. The van der Waals surface area contributed by atoms with Gasteiger partial charge in [0.25, 0.3) is 0 Å². The van der Waals surface area contributed by atoms with Crippen molar-refractivity contribution in [3.05, 3.63) is 23.8 Å². The van der Waals surface area contributed by atoms with E-state index in [9.17, 15) is 5.11 Å². The van der Waals surface area contributed by atoms with Gasteiger partial charge in [-0.1, -0.05) is 26.8 Å². The fraction of sp³-hybridized carbons (Fsp3) is 0.647. The molecule has 112 valence electrons. The van der Waals surface area contributed by atoms with Crippen molar-refractivity contribution in [1.29, 1.82) is 0 Å². The largest absolute Gasteiger partial charge is 0.504 e. The Bertz CT molecular complexity index is 451. The maximum absolute atomic E-state index is 9.74. The SMILES string of the molecule is CCOc1cc(CN2CCC(C(C)(C)C)C2)ccc1O. The van der Waals surface area contributed by atoms with E-state index in [0.717, 1.165) is 25.6 Å². The van der Waals surface area contributed by atoms with Crippen molar-refractivity contribution in [2.75, 3.05) is 19.7 Å². The predicted octanol–water partition coefficient (Wildman–Crippen LogP) is 3.66. The molecule has 0 radical (unpaired) electrons. The van der Waals surface area contributed by atoms with Gasteiger partial charge in [-0.15, -0.1) is 0 Å². The Hall–Kier alpha value is -1.22. The standard InChI is InChI=1S/C17H27NO2/c1-5-20-16-10-13(6-7-15(16)19)11-18-9-8-14(12-18)17(2,3)4/h6-7,10,14,19H,5,8-9,11-12H2,1-4H3. The van der Waals surface area contributed by atoms with Crippen LogP contribution in [0, 0.1) is 11.3 Å². The van der Waals surface area contributed by atoms with Crippen LogP contribution < -0.4 is 4.74 Å². The van der Waals surface area contributed by atoms with Crippen LogP contribution in [0.3, 0.4) is 0 Å². The Morgan fingerprint density at radius 2 is 2.10 bits per heavy atom. The van der Waals surface area contributed by atoms with Gasteiger partial charge in [-0.25, -0.2) is 0 Å². The summed E-state index contributed by atoms with van der Waals surface area (Å²) in [5.74, 6) is 1.59. The van der Waals surface area contributed by atoms with Crippen LogP contribution in [0.4, 0.5) is 0 Å². The second-order valence-corrected chi connectivity index (χ2v) is 6.82. The summed E-state index contributed by atoms with van der Waals surface area (Å²) in [6, 6.07) is 5.68. The molecule has 0 spiro atoms. The molecule has 1 aromatic carbocycles. The molecule has 0 aromatic heterocycles. The Balaban J connectivity index is 1.99. The Labute approximate surface area is 122 Å². The zero-order valence-corrected chi connectivity index (χ0v) is 13.1. The number of hydrogen-bond donors (Lipinski definition) is 1. The molecule has 1 aliphatic rings. The zero-order valence-electron chi connectivity index (χ0n) is 13.1. The van der Waals surface area contributed by atoms with Gasteiger partial charge in [-0.2, -0.15) is 0 Å². The van der Waals surface area contributed by atoms with Crippen LogP contribution in [0.15, 0.2) is 18.2 Å². The minimum atomic E-state index is 0.226. The Morgan fingerprint density at radius 3 is 2.70 bits per heavy atom. The number of ether oxygens (including phenoxy) is 1. The summed E-state index contributed by atoms with van der Waals surface area (Å²) in [5, 5.41) is 9.74. The number of likely N-dealkylation sites (tertiary alicyclic amines) is 1. The highest BCUT2D eigenvalue weighted by atomic mass is 16.5. The summed E-state index contributed by atoms with van der Waals surface area (Å²) in [7, 11) is 0. The van der Waals surface area contributed by atoms with E-state index < -0.39 is 0 Å². The highest BCUT2D eigenvalue weighted by molar-refractivity contribution is 5.41. The van der Waals surface area contributed by atoms with E-state index in [1.54, 1.807) is 6.07 Å². The van der Waals surface area contributed by atoms with Gasteiger partial charge in [-0.3, -0.25) is 4.90 Å². The van der Waals surface area contributed by atoms with Crippen molar-refractivity contribution in [3.63, 3.8) is 0 Å². The molecule has 1 unspecified atom stereocenters. The van der Waals surface area contributed by atoms with Crippen LogP contribution in [-0.2, 0) is 6.54 Å². The van der Waals surface area contributed by atoms with Gasteiger partial charge >= 0.3 is 0 Å². The third-order valence-corrected chi connectivity index (χ3v) is 4.23. The summed E-state index contributed by atoms with van der Waals surface area (Å²) in [4.78, 5) is 2.50. The third kappa shape index (κ3) is 3.66. The molecule has 0 bridgehead atoms. The number of phenols is 1. The van der Waals surface area contributed by atoms with Crippen molar-refractivity contribution in [1.82, 2.24) is 4.90 Å². The van der Waals surface area contributed by atoms with Crippen LogP contribution in [0.5, 0.6) is 11.5 Å². The monoisotopic (exact) mass is 277 g/mol. The average molecular weight is 277 g/mol. The van der Waals surface area contributed by atoms with Crippen molar-refractivity contribution < 1.29 is 9.84 Å². The second-order valence-electron chi connectivity index (χ2n) is 6.82. The molecule has 0 saturated carbocycles. The zero-order chi connectivity index (χ0) is 14.8. The highest BCUT2D eigenvalue weighted by Gasteiger charge is 2.31. The van der Waals surface area contributed by atoms with E-state index in [1.807, 2.05) is 19.1 Å². The fourth-order valence-electron chi connectivity index (χ4n) is 2.87. The summed E-state index contributed by atoms with van der Waals surface area (Å²) >= 11 is 0. The first kappa shape index (κ1) is 15.2. The van der Waals surface area contributed by atoms with E-state index in [2.05, 4.69) is 25.7 Å². The van der Waals surface area contributed by atoms with Gasteiger partial charge in [0, 0.05) is 13.1 Å². The molecular formula is C17H27NO2. The highest BCUT2D eigenvalue weighted by Crippen LogP contribution is 2.34. The van der Waals surface area contributed by atoms with Crippen LogP contribution in [0.2, 0.25) is 0 Å². The topological polar surface area (TPSA) is 32.7 Å².